The monoisotopic (exact) mass is 843 g/mol. The minimum atomic E-state index is -1.71. The number of esters is 1. The van der Waals surface area contributed by atoms with Gasteiger partial charge in [0.25, 0.3) is 0 Å². The van der Waals surface area contributed by atoms with Gasteiger partial charge in [0.1, 0.15) is 54.0 Å². The highest BCUT2D eigenvalue weighted by Gasteiger charge is 2.49. The lowest BCUT2D eigenvalue weighted by Gasteiger charge is -2.41. The number of H-pyrrole nitrogens is 1. The lowest BCUT2D eigenvalue weighted by molar-refractivity contribution is -0.288. The van der Waals surface area contributed by atoms with Crippen LogP contribution < -0.4 is 20.3 Å². The number of aryl methyl sites for hydroxylation is 2. The zero-order valence-electron chi connectivity index (χ0n) is 33.9. The molecule has 15 heteroatoms. The largest absolute Gasteiger partial charge is 0.508 e. The van der Waals surface area contributed by atoms with Gasteiger partial charge < -0.3 is 54.2 Å². The van der Waals surface area contributed by atoms with Crippen LogP contribution in [-0.4, -0.2) is 92.5 Å². The van der Waals surface area contributed by atoms with Gasteiger partial charge in [-0.05, 0) is 80.9 Å². The quantitative estimate of drug-likeness (QED) is 0.0620. The highest BCUT2D eigenvalue weighted by atomic mass is 16.8. The number of carbonyl (C=O) groups is 2. The molecular weight excluding hydrogens is 799 g/mol. The Kier molecular flexibility index (Phi) is 11.9. The first-order chi connectivity index (χ1) is 29.9. The molecule has 8 rings (SSSR count). The second-order valence-corrected chi connectivity index (χ2v) is 15.4. The maximum absolute atomic E-state index is 13.5. The third-order valence-electron chi connectivity index (χ3n) is 11.0. The Bertz CT molecular complexity index is 2760. The fourth-order valence-corrected chi connectivity index (χ4v) is 7.94. The molecule has 0 amide bonds. The number of likely N-dealkylation sites (N-methyl/N-ethyl adjacent to an activating group) is 1. The number of phenolic OH excluding ortho intramolecular Hbond substituents is 1. The van der Waals surface area contributed by atoms with Crippen LogP contribution >= 0.6 is 0 Å². The molecule has 1 fully saturated rings. The Balaban J connectivity index is 1.10. The van der Waals surface area contributed by atoms with Gasteiger partial charge in [-0.1, -0.05) is 59.7 Å². The zero-order valence-corrected chi connectivity index (χ0v) is 33.9. The summed E-state index contributed by atoms with van der Waals surface area (Å²) in [6.45, 7) is 3.30. The molecule has 4 heterocycles. The second kappa shape index (κ2) is 17.6. The summed E-state index contributed by atoms with van der Waals surface area (Å²) < 4.78 is 25.5. The number of hydrogen-bond acceptors (Lipinski definition) is 12. The van der Waals surface area contributed by atoms with Gasteiger partial charge in [-0.3, -0.25) is 14.4 Å². The molecule has 0 bridgehead atoms. The average molecular weight is 844 g/mol. The number of aromatic nitrogens is 2. The van der Waals surface area contributed by atoms with E-state index in [2.05, 4.69) is 10.3 Å². The number of aliphatic hydroxyl groups excluding tert-OH is 2. The number of aromatic amines is 1. The molecule has 3 aromatic heterocycles. The van der Waals surface area contributed by atoms with E-state index in [-0.39, 0.29) is 39.9 Å². The number of carboxylic acids is 1. The third-order valence-corrected chi connectivity index (χ3v) is 11.0. The lowest BCUT2D eigenvalue weighted by Crippen LogP contribution is -2.63. The van der Waals surface area contributed by atoms with Gasteiger partial charge in [-0.15, -0.1) is 0 Å². The first-order valence-electron chi connectivity index (χ1n) is 20.0. The molecular formula is C47H45N3O12. The van der Waals surface area contributed by atoms with Crippen molar-refractivity contribution in [3.63, 3.8) is 0 Å². The van der Waals surface area contributed by atoms with Crippen molar-refractivity contribution < 1.29 is 53.5 Å². The first kappa shape index (κ1) is 41.8. The van der Waals surface area contributed by atoms with Crippen molar-refractivity contribution in [1.82, 2.24) is 15.0 Å². The molecule has 320 valence electrons. The molecule has 7 atom stereocenters. The molecule has 1 aliphatic rings. The fraction of sp³-hybridized carbons (Fsp3) is 0.255. The summed E-state index contributed by atoms with van der Waals surface area (Å²) in [5.74, 6) is -3.93. The van der Waals surface area contributed by atoms with Gasteiger partial charge in [0.05, 0.1) is 22.7 Å². The van der Waals surface area contributed by atoms with Crippen LogP contribution in [-0.2, 0) is 25.5 Å². The van der Waals surface area contributed by atoms with Crippen molar-refractivity contribution >= 4 is 33.8 Å². The maximum atomic E-state index is 13.5. The molecule has 7 aromatic rings. The van der Waals surface area contributed by atoms with Gasteiger partial charge >= 0.3 is 11.9 Å². The van der Waals surface area contributed by atoms with Crippen molar-refractivity contribution in [2.24, 2.45) is 5.92 Å². The van der Waals surface area contributed by atoms with Crippen LogP contribution in [0.3, 0.4) is 0 Å². The Morgan fingerprint density at radius 3 is 2.37 bits per heavy atom. The number of benzene rings is 4. The average Bonchev–Trinajstić information content (AvgIpc) is 3.84. The molecule has 0 aliphatic carbocycles. The number of nitrogens with zero attached hydrogens (tertiary/aromatic N) is 1. The lowest BCUT2D eigenvalue weighted by atomic mass is 9.93. The van der Waals surface area contributed by atoms with Crippen LogP contribution in [0.15, 0.2) is 125 Å². The molecule has 62 heavy (non-hydrogen) atoms. The maximum Gasteiger partial charge on any atom is 0.322 e. The minimum Gasteiger partial charge on any atom is -0.508 e. The van der Waals surface area contributed by atoms with E-state index in [9.17, 15) is 34.8 Å². The number of aromatic hydroxyl groups is 1. The molecule has 1 saturated heterocycles. The van der Waals surface area contributed by atoms with Crippen LogP contribution in [0.25, 0.3) is 44.3 Å². The normalized spacial score (nSPS) is 19.9. The van der Waals surface area contributed by atoms with Gasteiger partial charge in [0.2, 0.25) is 12.4 Å². The zero-order chi connectivity index (χ0) is 43.7. The van der Waals surface area contributed by atoms with Crippen LogP contribution in [0.4, 0.5) is 0 Å². The van der Waals surface area contributed by atoms with E-state index < -0.39 is 61.2 Å². The molecule has 0 radical (unpaired) electrons. The smallest absolute Gasteiger partial charge is 0.322 e. The predicted molar refractivity (Wildman–Crippen MR) is 228 cm³/mol. The summed E-state index contributed by atoms with van der Waals surface area (Å²) >= 11 is 0. The summed E-state index contributed by atoms with van der Waals surface area (Å²) in [5.41, 5.74) is 5.66. The molecule has 0 spiro atoms. The highest BCUT2D eigenvalue weighted by molar-refractivity contribution is 5.95. The van der Waals surface area contributed by atoms with Crippen LogP contribution in [0.5, 0.6) is 11.5 Å². The summed E-state index contributed by atoms with van der Waals surface area (Å²) in [6.07, 6.45) is -2.73. The van der Waals surface area contributed by atoms with Gasteiger partial charge in [0.15, 0.2) is 11.3 Å². The van der Waals surface area contributed by atoms with E-state index in [0.717, 1.165) is 33.2 Å². The number of aliphatic hydroxyl groups is 2. The van der Waals surface area contributed by atoms with Crippen molar-refractivity contribution in [3.8, 4) is 33.9 Å². The Hall–Kier alpha value is -6.91. The highest BCUT2D eigenvalue weighted by Crippen LogP contribution is 2.34. The summed E-state index contributed by atoms with van der Waals surface area (Å²) in [7, 11) is 1.55. The van der Waals surface area contributed by atoms with Crippen molar-refractivity contribution in [2.75, 3.05) is 13.7 Å². The summed E-state index contributed by atoms with van der Waals surface area (Å²) in [4.78, 5) is 49.3. The van der Waals surface area contributed by atoms with Gasteiger partial charge in [0, 0.05) is 29.3 Å². The van der Waals surface area contributed by atoms with E-state index in [1.54, 1.807) is 31.6 Å². The number of phenols is 1. The topological polar surface area (TPSA) is 215 Å². The number of rotatable bonds is 14. The number of hydrogen-bond donors (Lipinski definition) is 6. The Labute approximate surface area is 354 Å². The van der Waals surface area contributed by atoms with Gasteiger partial charge in [-0.25, -0.2) is 0 Å². The first-order valence-corrected chi connectivity index (χ1v) is 20.0. The fourth-order valence-electron chi connectivity index (χ4n) is 7.94. The number of aliphatic carboxylic acids is 1. The van der Waals surface area contributed by atoms with Crippen molar-refractivity contribution in [3.05, 3.63) is 143 Å². The number of ether oxygens (including phenoxy) is 3. The van der Waals surface area contributed by atoms with E-state index in [1.807, 2.05) is 68.4 Å². The van der Waals surface area contributed by atoms with E-state index >= 15 is 0 Å². The molecule has 6 N–H and O–H groups in total. The molecule has 4 aromatic carbocycles. The summed E-state index contributed by atoms with van der Waals surface area (Å²) in [6, 6.07) is 26.7. The number of carbonyl (C=O) groups excluding carboxylic acids is 1. The molecule has 0 saturated carbocycles. The van der Waals surface area contributed by atoms with Crippen molar-refractivity contribution in [2.45, 2.75) is 57.0 Å². The Morgan fingerprint density at radius 2 is 1.66 bits per heavy atom. The van der Waals surface area contributed by atoms with E-state index in [4.69, 9.17) is 23.5 Å². The SMILES string of the molecule is CNC(Cc1ccccc1)C(C(=O)O)C(=O)OCC1OC(Oc2ccc3c(=O)c(-c4ccc(O)cc4)coc3c2)C(On2cc3cc[nH]c3c2-c2cc(C)cc(C)c2)C(O)C1O. The van der Waals surface area contributed by atoms with Crippen LogP contribution in [0.2, 0.25) is 0 Å². The van der Waals surface area contributed by atoms with E-state index in [0.29, 0.717) is 11.3 Å². The molecule has 1 aliphatic heterocycles. The standard InChI is InChI=1S/C47H45N3O12/c1-25-17-26(2)19-30(18-25)40-39-29(15-16-49-39)22-50(40)62-44-43(54)42(53)37(24-59-46(57)38(45(55)56)35(48-3)20-27-7-5-4-6-8-27)61-47(44)60-32-13-14-33-36(21-32)58-23-34(41(33)52)28-9-11-31(51)12-10-28/h4-19,21-23,35,37-38,42-44,47-49,51,53-54H,20,24H2,1-3H3,(H,55,56). The van der Waals surface area contributed by atoms with Crippen LogP contribution in [0, 0.1) is 19.8 Å². The number of nitrogens with one attached hydrogen (secondary N) is 2. The number of fused-ring (bicyclic) bond motifs is 2. The van der Waals surface area contributed by atoms with Crippen LogP contribution in [0.1, 0.15) is 16.7 Å². The number of carboxylic acid groups (broad SMARTS) is 1. The van der Waals surface area contributed by atoms with Crippen molar-refractivity contribution in [1.29, 1.82) is 0 Å². The minimum absolute atomic E-state index is 0.0487. The molecule has 7 unspecified atom stereocenters. The predicted octanol–water partition coefficient (Wildman–Crippen LogP) is 5.13. The second-order valence-electron chi connectivity index (χ2n) is 15.4. The molecule has 15 nitrogen and oxygen atoms in total. The third kappa shape index (κ3) is 8.51. The van der Waals surface area contributed by atoms with E-state index in [1.165, 1.54) is 41.3 Å². The van der Waals surface area contributed by atoms with Gasteiger partial charge in [-0.2, -0.15) is 4.73 Å². The summed E-state index contributed by atoms with van der Waals surface area (Å²) in [5, 5.41) is 47.2. The Morgan fingerprint density at radius 1 is 0.919 bits per heavy atom.